The van der Waals surface area contributed by atoms with Gasteiger partial charge in [-0.15, -0.1) is 0 Å². The molecule has 0 aliphatic carbocycles. The maximum Gasteiger partial charge on any atom is 0.259 e. The van der Waals surface area contributed by atoms with Crippen molar-refractivity contribution in [3.05, 3.63) is 24.3 Å². The molecule has 1 aromatic carbocycles. The van der Waals surface area contributed by atoms with Crippen molar-refractivity contribution >= 4 is 5.91 Å². The highest BCUT2D eigenvalue weighted by molar-refractivity contribution is 5.77. The van der Waals surface area contributed by atoms with Gasteiger partial charge >= 0.3 is 0 Å². The molecule has 5 heteroatoms. The minimum absolute atomic E-state index is 0.0256. The molecule has 1 amide bonds. The molecule has 0 heterocycles. The number of benzene rings is 1. The van der Waals surface area contributed by atoms with E-state index in [1.807, 2.05) is 0 Å². The minimum atomic E-state index is -0.912. The number of amides is 1. The van der Waals surface area contributed by atoms with Crippen LogP contribution in [0.5, 0.6) is 11.5 Å². The number of para-hydroxylation sites is 2. The van der Waals surface area contributed by atoms with Crippen molar-refractivity contribution in [2.75, 3.05) is 6.61 Å². The van der Waals surface area contributed by atoms with E-state index in [1.54, 1.807) is 18.2 Å². The van der Waals surface area contributed by atoms with Gasteiger partial charge in [0.2, 0.25) is 0 Å². The summed E-state index contributed by atoms with van der Waals surface area (Å²) in [6, 6.07) is 6.34. The third kappa shape index (κ3) is 3.86. The molecule has 0 saturated carbocycles. The average Bonchev–Trinajstić information content (AvgIpc) is 2.15. The molecule has 1 unspecified atom stereocenters. The third-order valence-corrected chi connectivity index (χ3v) is 1.59. The van der Waals surface area contributed by atoms with Crippen molar-refractivity contribution in [2.45, 2.75) is 13.2 Å². The summed E-state index contributed by atoms with van der Waals surface area (Å²) in [6.45, 7) is 1.18. The van der Waals surface area contributed by atoms with Crippen LogP contribution >= 0.6 is 0 Å². The van der Waals surface area contributed by atoms with Gasteiger partial charge in [-0.2, -0.15) is 0 Å². The fraction of sp³-hybridized carbons (Fsp3) is 0.300. The number of rotatable bonds is 4. The van der Waals surface area contributed by atoms with E-state index >= 15 is 0 Å². The molecule has 0 aromatic heterocycles. The van der Waals surface area contributed by atoms with Gasteiger partial charge in [-0.05, 0) is 19.1 Å². The minimum Gasteiger partial charge on any atom is -0.504 e. The second kappa shape index (κ2) is 5.21. The first-order chi connectivity index (χ1) is 7.09. The molecule has 3 N–H and O–H groups in total. The van der Waals surface area contributed by atoms with E-state index in [-0.39, 0.29) is 18.1 Å². The zero-order chi connectivity index (χ0) is 11.3. The third-order valence-electron chi connectivity index (χ3n) is 1.59. The van der Waals surface area contributed by atoms with Gasteiger partial charge in [-0.1, -0.05) is 12.1 Å². The van der Waals surface area contributed by atoms with Crippen molar-refractivity contribution < 1.29 is 19.7 Å². The van der Waals surface area contributed by atoms with E-state index in [1.165, 1.54) is 13.0 Å². The van der Waals surface area contributed by atoms with Crippen molar-refractivity contribution in [1.29, 1.82) is 0 Å². The van der Waals surface area contributed by atoms with Crippen LogP contribution in [-0.4, -0.2) is 29.0 Å². The zero-order valence-corrected chi connectivity index (χ0v) is 8.30. The molecule has 1 rings (SSSR count). The van der Waals surface area contributed by atoms with E-state index in [0.717, 1.165) is 0 Å². The lowest BCUT2D eigenvalue weighted by molar-refractivity contribution is -0.125. The Balaban J connectivity index is 2.44. The fourth-order valence-corrected chi connectivity index (χ4v) is 0.997. The smallest absolute Gasteiger partial charge is 0.259 e. The van der Waals surface area contributed by atoms with Gasteiger partial charge in [0, 0.05) is 0 Å². The van der Waals surface area contributed by atoms with Gasteiger partial charge in [0.25, 0.3) is 5.91 Å². The van der Waals surface area contributed by atoms with Crippen LogP contribution in [0.4, 0.5) is 0 Å². The lowest BCUT2D eigenvalue weighted by Crippen LogP contribution is -2.35. The van der Waals surface area contributed by atoms with Crippen LogP contribution in [0.15, 0.2) is 24.3 Å². The van der Waals surface area contributed by atoms with Crippen LogP contribution in [0.2, 0.25) is 0 Å². The number of phenolic OH excluding ortho intramolecular Hbond substituents is 1. The Hall–Kier alpha value is -1.75. The second-order valence-corrected chi connectivity index (χ2v) is 3.00. The van der Waals surface area contributed by atoms with Gasteiger partial charge in [-0.3, -0.25) is 4.79 Å². The Labute approximate surface area is 87.3 Å². The molecule has 1 aromatic rings. The summed E-state index contributed by atoms with van der Waals surface area (Å²) < 4.78 is 5.03. The number of phenols is 1. The maximum atomic E-state index is 11.1. The van der Waals surface area contributed by atoms with E-state index in [0.29, 0.717) is 0 Å². The molecule has 0 saturated heterocycles. The fourth-order valence-electron chi connectivity index (χ4n) is 0.997. The first-order valence-corrected chi connectivity index (χ1v) is 4.48. The number of carbonyl (C=O) groups is 1. The van der Waals surface area contributed by atoms with Gasteiger partial charge in [0.1, 0.15) is 6.23 Å². The topological polar surface area (TPSA) is 78.8 Å². The average molecular weight is 211 g/mol. The molecule has 82 valence electrons. The summed E-state index contributed by atoms with van der Waals surface area (Å²) in [6.07, 6.45) is -0.912. The van der Waals surface area contributed by atoms with Crippen LogP contribution in [0.3, 0.4) is 0 Å². The molecule has 15 heavy (non-hydrogen) atoms. The van der Waals surface area contributed by atoms with Gasteiger partial charge in [0.15, 0.2) is 18.1 Å². The quantitative estimate of drug-likeness (QED) is 0.623. The van der Waals surface area contributed by atoms with E-state index < -0.39 is 12.1 Å². The predicted octanol–water partition coefficient (Wildman–Crippen LogP) is 0.225. The van der Waals surface area contributed by atoms with E-state index in [4.69, 9.17) is 9.84 Å². The highest BCUT2D eigenvalue weighted by Crippen LogP contribution is 2.23. The Bertz CT molecular complexity index is 338. The van der Waals surface area contributed by atoms with Gasteiger partial charge < -0.3 is 20.3 Å². The molecule has 0 spiro atoms. The normalized spacial score (nSPS) is 11.9. The predicted molar refractivity (Wildman–Crippen MR) is 53.4 cm³/mol. The largest absolute Gasteiger partial charge is 0.504 e. The molecular weight excluding hydrogens is 198 g/mol. The molecule has 0 aliphatic heterocycles. The number of hydrogen-bond acceptors (Lipinski definition) is 4. The Morgan fingerprint density at radius 2 is 2.20 bits per heavy atom. The number of nitrogens with one attached hydrogen (secondary N) is 1. The summed E-state index contributed by atoms with van der Waals surface area (Å²) in [7, 11) is 0. The zero-order valence-electron chi connectivity index (χ0n) is 8.30. The highest BCUT2D eigenvalue weighted by atomic mass is 16.5. The van der Waals surface area contributed by atoms with E-state index in [2.05, 4.69) is 5.32 Å². The standard InChI is InChI=1S/C10H13NO4/c1-7(12)11-10(14)6-15-9-5-3-2-4-8(9)13/h2-5,7,12-13H,6H2,1H3,(H,11,14). The lowest BCUT2D eigenvalue weighted by atomic mass is 10.3. The Kier molecular flexibility index (Phi) is 3.93. The summed E-state index contributed by atoms with van der Waals surface area (Å²) >= 11 is 0. The molecule has 0 bridgehead atoms. The first kappa shape index (κ1) is 11.3. The van der Waals surface area contributed by atoms with Gasteiger partial charge in [0.05, 0.1) is 0 Å². The lowest BCUT2D eigenvalue weighted by Gasteiger charge is -2.09. The van der Waals surface area contributed by atoms with Crippen LogP contribution in [0.1, 0.15) is 6.92 Å². The molecule has 1 atom stereocenters. The molecular formula is C10H13NO4. The van der Waals surface area contributed by atoms with Crippen LogP contribution in [0, 0.1) is 0 Å². The molecule has 0 radical (unpaired) electrons. The van der Waals surface area contributed by atoms with Crippen molar-refractivity contribution in [3.63, 3.8) is 0 Å². The molecule has 5 nitrogen and oxygen atoms in total. The molecule has 0 fully saturated rings. The summed E-state index contributed by atoms with van der Waals surface area (Å²) in [4.78, 5) is 11.1. The van der Waals surface area contributed by atoms with Crippen molar-refractivity contribution in [2.24, 2.45) is 0 Å². The number of aliphatic hydroxyl groups excluding tert-OH is 1. The van der Waals surface area contributed by atoms with Gasteiger partial charge in [-0.25, -0.2) is 0 Å². The number of ether oxygens (including phenoxy) is 1. The number of aliphatic hydroxyl groups is 1. The summed E-state index contributed by atoms with van der Waals surface area (Å²) in [5.74, 6) is -0.242. The Morgan fingerprint density at radius 1 is 1.53 bits per heavy atom. The number of aromatic hydroxyl groups is 1. The number of hydrogen-bond donors (Lipinski definition) is 3. The highest BCUT2D eigenvalue weighted by Gasteiger charge is 2.06. The van der Waals surface area contributed by atoms with Crippen LogP contribution in [-0.2, 0) is 4.79 Å². The monoisotopic (exact) mass is 211 g/mol. The van der Waals surface area contributed by atoms with Crippen molar-refractivity contribution in [1.82, 2.24) is 5.32 Å². The number of carbonyl (C=O) groups excluding carboxylic acids is 1. The SMILES string of the molecule is CC(O)NC(=O)COc1ccccc1O. The maximum absolute atomic E-state index is 11.1. The first-order valence-electron chi connectivity index (χ1n) is 4.48. The molecule has 0 aliphatic rings. The second-order valence-electron chi connectivity index (χ2n) is 3.00. The Morgan fingerprint density at radius 3 is 2.80 bits per heavy atom. The van der Waals surface area contributed by atoms with Crippen LogP contribution < -0.4 is 10.1 Å². The van der Waals surface area contributed by atoms with Crippen molar-refractivity contribution in [3.8, 4) is 11.5 Å². The summed E-state index contributed by atoms with van der Waals surface area (Å²) in [5, 5.41) is 20.4. The summed E-state index contributed by atoms with van der Waals surface area (Å²) in [5.41, 5.74) is 0. The van der Waals surface area contributed by atoms with E-state index in [9.17, 15) is 9.90 Å². The van der Waals surface area contributed by atoms with Crippen LogP contribution in [0.25, 0.3) is 0 Å².